The highest BCUT2D eigenvalue weighted by Gasteiger charge is 2.43. The summed E-state index contributed by atoms with van der Waals surface area (Å²) < 4.78 is 29.2. The molecular weight excluding hydrogens is 604 g/mol. The van der Waals surface area contributed by atoms with Gasteiger partial charge in [0, 0.05) is 30.9 Å². The molecule has 4 atom stereocenters. The number of nitrogens with zero attached hydrogens (tertiary/aromatic N) is 6. The number of sulfonamides is 1. The highest BCUT2D eigenvalue weighted by Crippen LogP contribution is 2.43. The van der Waals surface area contributed by atoms with Crippen LogP contribution in [0.1, 0.15) is 71.9 Å². The van der Waals surface area contributed by atoms with Gasteiger partial charge in [0.15, 0.2) is 5.69 Å². The maximum absolute atomic E-state index is 13.8. The Morgan fingerprint density at radius 2 is 1.77 bits per heavy atom. The van der Waals surface area contributed by atoms with Crippen LogP contribution >= 0.6 is 11.6 Å². The van der Waals surface area contributed by atoms with E-state index in [-0.39, 0.29) is 34.2 Å². The summed E-state index contributed by atoms with van der Waals surface area (Å²) in [6, 6.07) is 7.23. The van der Waals surface area contributed by atoms with E-state index in [1.807, 2.05) is 43.8 Å². The predicted molar refractivity (Wildman–Crippen MR) is 170 cm³/mol. The Labute approximate surface area is 260 Å². The molecule has 6 rings (SSSR count). The lowest BCUT2D eigenvalue weighted by Gasteiger charge is -2.40. The lowest BCUT2D eigenvalue weighted by molar-refractivity contribution is 0.0977. The van der Waals surface area contributed by atoms with Crippen LogP contribution in [0.5, 0.6) is 0 Å². The van der Waals surface area contributed by atoms with Crippen molar-refractivity contribution >= 4 is 50.1 Å². The van der Waals surface area contributed by atoms with Gasteiger partial charge in [-0.2, -0.15) is 5.10 Å². The summed E-state index contributed by atoms with van der Waals surface area (Å²) in [5, 5.41) is 8.39. The highest BCUT2D eigenvalue weighted by molar-refractivity contribution is 7.89. The lowest BCUT2D eigenvalue weighted by atomic mass is 9.97. The van der Waals surface area contributed by atoms with E-state index in [1.54, 1.807) is 17.7 Å². The summed E-state index contributed by atoms with van der Waals surface area (Å²) in [6.45, 7) is 5.85. The average molecular weight is 639 g/mol. The van der Waals surface area contributed by atoms with E-state index in [2.05, 4.69) is 31.2 Å². The molecule has 1 amide bonds. The molecular formula is C30H35ClN8O4S. The number of hydrogen-bond acceptors (Lipinski definition) is 9. The van der Waals surface area contributed by atoms with Gasteiger partial charge >= 0.3 is 0 Å². The molecule has 5 heterocycles. The van der Waals surface area contributed by atoms with Crippen molar-refractivity contribution in [1.29, 1.82) is 0 Å². The van der Waals surface area contributed by atoms with Gasteiger partial charge < -0.3 is 10.2 Å². The van der Waals surface area contributed by atoms with Crippen LogP contribution in [0.2, 0.25) is 5.15 Å². The predicted octanol–water partition coefficient (Wildman–Crippen LogP) is 4.03. The van der Waals surface area contributed by atoms with Crippen LogP contribution in [-0.4, -0.2) is 57.0 Å². The molecule has 2 aliphatic heterocycles. The van der Waals surface area contributed by atoms with Crippen molar-refractivity contribution in [3.8, 4) is 0 Å². The minimum Gasteiger partial charge on any atom is -0.377 e. The first-order chi connectivity index (χ1) is 20.8. The molecule has 14 heteroatoms. The molecule has 0 saturated carbocycles. The molecule has 2 aliphatic rings. The van der Waals surface area contributed by atoms with Gasteiger partial charge in [-0.15, -0.1) is 0 Å². The molecule has 232 valence electrons. The second-order valence-electron chi connectivity index (χ2n) is 12.0. The molecule has 0 spiro atoms. The molecule has 2 bridgehead atoms. The second-order valence-corrected chi connectivity index (χ2v) is 14.2. The summed E-state index contributed by atoms with van der Waals surface area (Å²) >= 11 is 6.06. The van der Waals surface area contributed by atoms with Crippen molar-refractivity contribution in [3.05, 3.63) is 74.6 Å². The Balaban J connectivity index is 1.38. The van der Waals surface area contributed by atoms with Gasteiger partial charge in [-0.05, 0) is 75.8 Å². The van der Waals surface area contributed by atoms with Crippen LogP contribution in [0.25, 0.3) is 10.9 Å². The maximum Gasteiger partial charge on any atom is 0.285 e. The first kappa shape index (κ1) is 30.1. The van der Waals surface area contributed by atoms with Crippen LogP contribution in [-0.2, 0) is 17.1 Å². The number of amides is 1. The van der Waals surface area contributed by atoms with Crippen LogP contribution < -0.4 is 20.5 Å². The number of fused-ring (bicyclic) bond motifs is 3. The summed E-state index contributed by atoms with van der Waals surface area (Å²) in [4.78, 5) is 38.2. The van der Waals surface area contributed by atoms with Gasteiger partial charge in [0.05, 0.1) is 41.1 Å². The molecule has 12 nitrogen and oxygen atoms in total. The minimum absolute atomic E-state index is 0.0405. The zero-order valence-electron chi connectivity index (χ0n) is 25.2. The van der Waals surface area contributed by atoms with Gasteiger partial charge in [0.25, 0.3) is 11.5 Å². The van der Waals surface area contributed by atoms with E-state index < -0.39 is 22.0 Å². The number of anilines is 2. The normalized spacial score (nSPS) is 20.6. The largest absolute Gasteiger partial charge is 0.377 e. The van der Waals surface area contributed by atoms with Gasteiger partial charge in [-0.3, -0.25) is 18.8 Å². The number of rotatable bonds is 7. The van der Waals surface area contributed by atoms with Crippen LogP contribution in [0.3, 0.4) is 0 Å². The number of aromatic nitrogens is 5. The molecule has 3 aromatic heterocycles. The number of pyridine rings is 1. The Kier molecular flexibility index (Phi) is 7.65. The van der Waals surface area contributed by atoms with E-state index in [0.29, 0.717) is 22.9 Å². The Morgan fingerprint density at radius 3 is 2.41 bits per heavy atom. The van der Waals surface area contributed by atoms with Crippen molar-refractivity contribution in [3.63, 3.8) is 0 Å². The van der Waals surface area contributed by atoms with Crippen LogP contribution in [0.15, 0.2) is 41.5 Å². The summed E-state index contributed by atoms with van der Waals surface area (Å²) in [5.74, 6) is -0.263. The molecule has 2 N–H and O–H groups in total. The summed E-state index contributed by atoms with van der Waals surface area (Å²) in [7, 11) is -2.05. The van der Waals surface area contributed by atoms with Gasteiger partial charge in [-0.1, -0.05) is 17.7 Å². The average Bonchev–Trinajstić information content (AvgIpc) is 3.49. The van der Waals surface area contributed by atoms with Gasteiger partial charge in [-0.25, -0.2) is 23.1 Å². The fourth-order valence-electron chi connectivity index (χ4n) is 6.68. The zero-order valence-corrected chi connectivity index (χ0v) is 26.8. The standard InChI is InChI=1S/C30H35ClN8O4S/c1-16-10-22(18(3)33-24-8-9-25(31)34-27(24)28(40)36-44(5,42)43)26-23(11-16)29(41)37(4)30(35-26)39-19-6-7-20(39)13-21(12-19)38-15-17(2)14-32-38/h8-11,14-15,18-21,33H,6-7,12-13H2,1-5H3,(H,36,40)/t18-,19-,20+,21?/m1/s1. The Bertz CT molecular complexity index is 1940. The maximum atomic E-state index is 13.8. The van der Waals surface area contributed by atoms with E-state index in [1.165, 1.54) is 6.07 Å². The van der Waals surface area contributed by atoms with Crippen molar-refractivity contribution in [2.45, 2.75) is 70.6 Å². The van der Waals surface area contributed by atoms with Crippen molar-refractivity contribution < 1.29 is 13.2 Å². The summed E-state index contributed by atoms with van der Waals surface area (Å²) in [6.07, 6.45) is 8.77. The van der Waals surface area contributed by atoms with E-state index >= 15 is 0 Å². The fraction of sp³-hybridized carbons (Fsp3) is 0.433. The molecule has 1 unspecified atom stereocenters. The highest BCUT2D eigenvalue weighted by atomic mass is 35.5. The number of carbonyl (C=O) groups excluding carboxylic acids is 1. The van der Waals surface area contributed by atoms with Gasteiger partial charge in [0.1, 0.15) is 5.15 Å². The number of nitrogens with one attached hydrogen (secondary N) is 2. The number of hydrogen-bond donors (Lipinski definition) is 2. The smallest absolute Gasteiger partial charge is 0.285 e. The number of benzene rings is 1. The SMILES string of the molecule is Cc1cc([C@@H](C)Nc2ccc(Cl)nc2C(=O)NS(C)(=O)=O)c2nc(N3[C@@H]4CC[C@H]3CC(n3cc(C)cn3)C4)n(C)c(=O)c2c1. The number of carbonyl (C=O) groups is 1. The van der Waals surface area contributed by atoms with Crippen LogP contribution in [0, 0.1) is 13.8 Å². The molecule has 2 fully saturated rings. The molecule has 1 aromatic carbocycles. The lowest BCUT2D eigenvalue weighted by Crippen LogP contribution is -2.46. The Morgan fingerprint density at radius 1 is 1.07 bits per heavy atom. The molecule has 44 heavy (non-hydrogen) atoms. The molecule has 4 aromatic rings. The third kappa shape index (κ3) is 5.65. The van der Waals surface area contributed by atoms with Crippen molar-refractivity contribution in [2.24, 2.45) is 7.05 Å². The van der Waals surface area contributed by atoms with Gasteiger partial charge in [0.2, 0.25) is 16.0 Å². The Hall–Kier alpha value is -3.97. The van der Waals surface area contributed by atoms with E-state index in [9.17, 15) is 18.0 Å². The third-order valence-electron chi connectivity index (χ3n) is 8.57. The first-order valence-electron chi connectivity index (χ1n) is 14.5. The van der Waals surface area contributed by atoms with Crippen molar-refractivity contribution in [1.82, 2.24) is 29.0 Å². The molecule has 2 saturated heterocycles. The van der Waals surface area contributed by atoms with E-state index in [0.717, 1.165) is 48.6 Å². The number of piperidine rings is 1. The van der Waals surface area contributed by atoms with Crippen LogP contribution in [0.4, 0.5) is 11.6 Å². The first-order valence-corrected chi connectivity index (χ1v) is 16.8. The third-order valence-corrected chi connectivity index (χ3v) is 9.33. The van der Waals surface area contributed by atoms with E-state index in [4.69, 9.17) is 16.6 Å². The summed E-state index contributed by atoms with van der Waals surface area (Å²) in [5.41, 5.74) is 3.35. The number of aryl methyl sites for hydroxylation is 2. The van der Waals surface area contributed by atoms with Crippen molar-refractivity contribution in [2.75, 3.05) is 16.5 Å². The number of halogens is 1. The quantitative estimate of drug-likeness (QED) is 0.287. The monoisotopic (exact) mass is 638 g/mol. The second kappa shape index (κ2) is 11.2. The zero-order chi connectivity index (χ0) is 31.5. The molecule has 0 aliphatic carbocycles. The fourth-order valence-corrected chi connectivity index (χ4v) is 7.26. The molecule has 0 radical (unpaired) electrons. The minimum atomic E-state index is -3.83. The topological polar surface area (TPSA) is 144 Å².